The van der Waals surface area contributed by atoms with Gasteiger partial charge in [-0.3, -0.25) is 4.72 Å². The molecule has 0 radical (unpaired) electrons. The summed E-state index contributed by atoms with van der Waals surface area (Å²) in [6.07, 6.45) is 6.61. The Morgan fingerprint density at radius 1 is 0.967 bits per heavy atom. The van der Waals surface area contributed by atoms with Crippen LogP contribution in [0.1, 0.15) is 48.9 Å². The molecule has 0 aromatic heterocycles. The Balaban J connectivity index is 1.93. The Morgan fingerprint density at radius 2 is 1.63 bits per heavy atom. The summed E-state index contributed by atoms with van der Waals surface area (Å²) >= 11 is 0. The van der Waals surface area contributed by atoms with Crippen molar-refractivity contribution in [1.82, 2.24) is 0 Å². The van der Waals surface area contributed by atoms with Crippen molar-refractivity contribution in [1.29, 1.82) is 0 Å². The number of carbonyl (C=O) groups excluding carboxylic acids is 1. The van der Waals surface area contributed by atoms with Gasteiger partial charge in [0.15, 0.2) is 0 Å². The Bertz CT molecular complexity index is 966. The molecule has 0 unspecified atom stereocenters. The fraction of sp³-hybridized carbons (Fsp3) is 0.409. The van der Waals surface area contributed by atoms with E-state index in [1.807, 2.05) is 0 Å². The second-order valence-electron chi connectivity index (χ2n) is 7.37. The van der Waals surface area contributed by atoms with Crippen molar-refractivity contribution in [3.63, 3.8) is 0 Å². The molecule has 3 rings (SSSR count). The van der Waals surface area contributed by atoms with Crippen LogP contribution < -0.4 is 14.8 Å². The molecule has 0 heterocycles. The zero-order valence-corrected chi connectivity index (χ0v) is 18.1. The molecule has 162 valence electrons. The van der Waals surface area contributed by atoms with Crippen molar-refractivity contribution in [2.75, 3.05) is 24.3 Å². The fourth-order valence-electron chi connectivity index (χ4n) is 3.62. The van der Waals surface area contributed by atoms with Crippen molar-refractivity contribution < 1.29 is 22.7 Å². The van der Waals surface area contributed by atoms with Crippen molar-refractivity contribution in [3.8, 4) is 5.75 Å². The molecule has 2 aromatic rings. The predicted octanol–water partition coefficient (Wildman–Crippen LogP) is 4.42. The minimum Gasteiger partial charge on any atom is -0.497 e. The van der Waals surface area contributed by atoms with Gasteiger partial charge < -0.3 is 14.8 Å². The van der Waals surface area contributed by atoms with Gasteiger partial charge >= 0.3 is 5.97 Å². The number of anilines is 2. The highest BCUT2D eigenvalue weighted by Gasteiger charge is 2.23. The lowest BCUT2D eigenvalue weighted by molar-refractivity contribution is 0.0600. The van der Waals surface area contributed by atoms with Crippen LogP contribution in [0.25, 0.3) is 0 Å². The third-order valence-electron chi connectivity index (χ3n) is 5.25. The van der Waals surface area contributed by atoms with Gasteiger partial charge in [-0.15, -0.1) is 0 Å². The average molecular weight is 433 g/mol. The summed E-state index contributed by atoms with van der Waals surface area (Å²) in [5, 5.41) is 3.39. The summed E-state index contributed by atoms with van der Waals surface area (Å²) in [5.74, 6) is 0.0401. The molecular weight excluding hydrogens is 404 g/mol. The number of carbonyl (C=O) groups is 1. The molecule has 2 aromatic carbocycles. The molecule has 8 heteroatoms. The lowest BCUT2D eigenvalue weighted by Crippen LogP contribution is -2.22. The van der Waals surface area contributed by atoms with Gasteiger partial charge in [-0.2, -0.15) is 0 Å². The molecule has 1 saturated carbocycles. The van der Waals surface area contributed by atoms with Crippen LogP contribution in [0, 0.1) is 0 Å². The van der Waals surface area contributed by atoms with Crippen LogP contribution in [-0.4, -0.2) is 34.6 Å². The lowest BCUT2D eigenvalue weighted by Gasteiger charge is -2.21. The van der Waals surface area contributed by atoms with Gasteiger partial charge in [0.1, 0.15) is 10.6 Å². The number of hydrogen-bond acceptors (Lipinski definition) is 6. The third kappa shape index (κ3) is 5.44. The number of sulfonamides is 1. The van der Waals surface area contributed by atoms with E-state index in [1.165, 1.54) is 26.0 Å². The number of esters is 1. The third-order valence-corrected chi connectivity index (χ3v) is 6.67. The molecule has 0 saturated heterocycles. The summed E-state index contributed by atoms with van der Waals surface area (Å²) in [7, 11) is -1.14. The maximum atomic E-state index is 13.2. The number of nitrogens with one attached hydrogen (secondary N) is 2. The Morgan fingerprint density at radius 3 is 2.23 bits per heavy atom. The first-order valence-corrected chi connectivity index (χ1v) is 11.6. The second-order valence-corrected chi connectivity index (χ2v) is 9.02. The molecule has 0 atom stereocenters. The maximum absolute atomic E-state index is 13.2. The number of rotatable bonds is 7. The first kappa shape index (κ1) is 22.0. The van der Waals surface area contributed by atoms with Crippen molar-refractivity contribution in [2.24, 2.45) is 0 Å². The Hall–Kier alpha value is -2.74. The highest BCUT2D eigenvalue weighted by atomic mass is 32.2. The topological polar surface area (TPSA) is 93.7 Å². The summed E-state index contributed by atoms with van der Waals surface area (Å²) in [5.41, 5.74) is 1.06. The van der Waals surface area contributed by atoms with Crippen molar-refractivity contribution >= 4 is 27.4 Å². The van der Waals surface area contributed by atoms with E-state index in [-0.39, 0.29) is 16.5 Å². The van der Waals surface area contributed by atoms with E-state index in [9.17, 15) is 13.2 Å². The highest BCUT2D eigenvalue weighted by Crippen LogP contribution is 2.29. The van der Waals surface area contributed by atoms with Crippen molar-refractivity contribution in [3.05, 3.63) is 48.0 Å². The maximum Gasteiger partial charge on any atom is 0.337 e. The van der Waals surface area contributed by atoms with Crippen LogP contribution in [0.3, 0.4) is 0 Å². The summed E-state index contributed by atoms with van der Waals surface area (Å²) < 4.78 is 38.9. The minimum absolute atomic E-state index is 0.0189. The zero-order valence-electron chi connectivity index (χ0n) is 17.3. The molecular formula is C22H28N2O5S. The summed E-state index contributed by atoms with van der Waals surface area (Å²) in [6.45, 7) is 0. The summed E-state index contributed by atoms with van der Waals surface area (Å²) in [6, 6.07) is 11.4. The first-order chi connectivity index (χ1) is 14.4. The fourth-order valence-corrected chi connectivity index (χ4v) is 4.88. The van der Waals surface area contributed by atoms with Gasteiger partial charge in [0, 0.05) is 11.7 Å². The summed E-state index contributed by atoms with van der Waals surface area (Å²) in [4.78, 5) is 12.0. The molecule has 1 aliphatic rings. The van der Waals surface area contributed by atoms with Gasteiger partial charge in [0.05, 0.1) is 25.5 Å². The van der Waals surface area contributed by atoms with Gasteiger partial charge in [-0.25, -0.2) is 13.2 Å². The van der Waals surface area contributed by atoms with E-state index in [0.29, 0.717) is 17.1 Å². The molecule has 0 aliphatic heterocycles. The monoisotopic (exact) mass is 432 g/mol. The standard InChI is InChI=1S/C22H28N2O5S/c1-28-19-12-10-18(11-13-19)24-30(26,27)21-15-16(22(25)29-2)9-14-20(21)23-17-7-5-3-4-6-8-17/h9-15,17,23-24H,3-8H2,1-2H3. The Kier molecular flexibility index (Phi) is 7.20. The lowest BCUT2D eigenvalue weighted by atomic mass is 10.1. The van der Waals surface area contributed by atoms with Crippen LogP contribution in [-0.2, 0) is 14.8 Å². The molecule has 1 aliphatic carbocycles. The predicted molar refractivity (Wildman–Crippen MR) is 117 cm³/mol. The molecule has 0 bridgehead atoms. The SMILES string of the molecule is COC(=O)c1ccc(NC2CCCCCC2)c(S(=O)(=O)Nc2ccc(OC)cc2)c1. The van der Waals surface area contributed by atoms with Crippen LogP contribution in [0.2, 0.25) is 0 Å². The van der Waals surface area contributed by atoms with Gasteiger partial charge in [0.25, 0.3) is 10.0 Å². The van der Waals surface area contributed by atoms with Crippen LogP contribution in [0.4, 0.5) is 11.4 Å². The van der Waals surface area contributed by atoms with E-state index in [4.69, 9.17) is 9.47 Å². The molecule has 7 nitrogen and oxygen atoms in total. The number of methoxy groups -OCH3 is 2. The van der Waals surface area contributed by atoms with E-state index in [0.717, 1.165) is 25.7 Å². The first-order valence-electron chi connectivity index (χ1n) is 10.1. The molecule has 30 heavy (non-hydrogen) atoms. The molecule has 0 spiro atoms. The van der Waals surface area contributed by atoms with Crippen LogP contribution in [0.15, 0.2) is 47.4 Å². The Labute approximate surface area is 177 Å². The molecule has 2 N–H and O–H groups in total. The van der Waals surface area contributed by atoms with E-state index in [2.05, 4.69) is 10.0 Å². The van der Waals surface area contributed by atoms with Crippen LogP contribution >= 0.6 is 0 Å². The minimum atomic E-state index is -3.95. The number of ether oxygens (including phenoxy) is 2. The zero-order chi connectivity index (χ0) is 21.6. The molecule has 0 amide bonds. The van der Waals surface area contributed by atoms with E-state index in [1.54, 1.807) is 43.5 Å². The van der Waals surface area contributed by atoms with Crippen molar-refractivity contribution in [2.45, 2.75) is 49.5 Å². The van der Waals surface area contributed by atoms with E-state index >= 15 is 0 Å². The molecule has 1 fully saturated rings. The number of hydrogen-bond donors (Lipinski definition) is 2. The number of benzene rings is 2. The average Bonchev–Trinajstić information content (AvgIpc) is 3.02. The normalized spacial score (nSPS) is 15.1. The van der Waals surface area contributed by atoms with Gasteiger partial charge in [-0.05, 0) is 55.3 Å². The second kappa shape index (κ2) is 9.84. The largest absolute Gasteiger partial charge is 0.497 e. The highest BCUT2D eigenvalue weighted by molar-refractivity contribution is 7.92. The van der Waals surface area contributed by atoms with Gasteiger partial charge in [0.2, 0.25) is 0 Å². The van der Waals surface area contributed by atoms with Crippen LogP contribution in [0.5, 0.6) is 5.75 Å². The quantitative estimate of drug-likeness (QED) is 0.497. The smallest absolute Gasteiger partial charge is 0.337 e. The van der Waals surface area contributed by atoms with E-state index < -0.39 is 16.0 Å². The van der Waals surface area contributed by atoms with Gasteiger partial charge in [-0.1, -0.05) is 25.7 Å².